The van der Waals surface area contributed by atoms with Gasteiger partial charge in [-0.3, -0.25) is 14.8 Å². The molecule has 0 bridgehead atoms. The topological polar surface area (TPSA) is 64.0 Å². The van der Waals surface area contributed by atoms with Crippen LogP contribution in [0, 0.1) is 0 Å². The Morgan fingerprint density at radius 3 is 2.67 bits per heavy atom. The van der Waals surface area contributed by atoms with Crippen molar-refractivity contribution in [3.05, 3.63) is 53.9 Å². The lowest BCUT2D eigenvalue weighted by Crippen LogP contribution is -2.46. The number of ketones is 1. The SMILES string of the molecule is COc1ccc([C@@]23CCC(=NCC(=O)c4ccncc4)C[C@@H]2N(C)CC3)cc1OC. The molecule has 2 heterocycles. The number of pyridine rings is 1. The van der Waals surface area contributed by atoms with Crippen LogP contribution in [0.2, 0.25) is 0 Å². The lowest BCUT2D eigenvalue weighted by Gasteiger charge is -2.42. The van der Waals surface area contributed by atoms with Crippen molar-refractivity contribution in [3.63, 3.8) is 0 Å². The molecule has 0 radical (unpaired) electrons. The first kappa shape index (κ1) is 20.5. The molecule has 2 aliphatic rings. The molecule has 2 aromatic rings. The third-order valence-electron chi connectivity index (χ3n) is 6.78. The van der Waals surface area contributed by atoms with Crippen molar-refractivity contribution in [2.24, 2.45) is 4.99 Å². The van der Waals surface area contributed by atoms with Crippen molar-refractivity contribution in [2.75, 3.05) is 34.4 Å². The van der Waals surface area contributed by atoms with E-state index in [-0.39, 0.29) is 17.7 Å². The molecule has 30 heavy (non-hydrogen) atoms. The summed E-state index contributed by atoms with van der Waals surface area (Å²) in [4.78, 5) is 23.6. The fraction of sp³-hybridized carbons (Fsp3) is 0.458. The molecule has 4 rings (SSSR count). The van der Waals surface area contributed by atoms with Crippen molar-refractivity contribution in [3.8, 4) is 11.5 Å². The third-order valence-corrected chi connectivity index (χ3v) is 6.78. The van der Waals surface area contributed by atoms with E-state index in [1.54, 1.807) is 38.7 Å². The molecule has 1 saturated carbocycles. The van der Waals surface area contributed by atoms with Crippen molar-refractivity contribution in [1.82, 2.24) is 9.88 Å². The lowest BCUT2D eigenvalue weighted by atomic mass is 9.65. The minimum absolute atomic E-state index is 0.0430. The van der Waals surface area contributed by atoms with Crippen LogP contribution in [-0.2, 0) is 5.41 Å². The van der Waals surface area contributed by atoms with E-state index in [0.717, 1.165) is 49.4 Å². The predicted molar refractivity (Wildman–Crippen MR) is 117 cm³/mol. The molecule has 1 aliphatic heterocycles. The van der Waals surface area contributed by atoms with E-state index in [4.69, 9.17) is 14.5 Å². The van der Waals surface area contributed by atoms with E-state index in [1.165, 1.54) is 5.56 Å². The third kappa shape index (κ3) is 3.72. The Morgan fingerprint density at radius 2 is 1.93 bits per heavy atom. The van der Waals surface area contributed by atoms with Crippen molar-refractivity contribution in [1.29, 1.82) is 0 Å². The molecule has 0 amide bonds. The maximum atomic E-state index is 12.4. The number of ether oxygens (including phenoxy) is 2. The first-order chi connectivity index (χ1) is 14.6. The minimum Gasteiger partial charge on any atom is -0.493 e. The quantitative estimate of drug-likeness (QED) is 0.686. The molecule has 158 valence electrons. The van der Waals surface area contributed by atoms with Crippen LogP contribution in [0.4, 0.5) is 0 Å². The number of likely N-dealkylation sites (N-methyl/N-ethyl adjacent to an activating group) is 1. The van der Waals surface area contributed by atoms with Crippen LogP contribution >= 0.6 is 0 Å². The Hall–Kier alpha value is -2.73. The van der Waals surface area contributed by atoms with Gasteiger partial charge < -0.3 is 14.4 Å². The van der Waals surface area contributed by atoms with Gasteiger partial charge in [0.25, 0.3) is 0 Å². The molecule has 2 fully saturated rings. The van der Waals surface area contributed by atoms with Gasteiger partial charge in [-0.2, -0.15) is 0 Å². The molecule has 0 N–H and O–H groups in total. The average molecular weight is 408 g/mol. The normalized spacial score (nSPS) is 25.2. The molecular formula is C24H29N3O3. The average Bonchev–Trinajstić information content (AvgIpc) is 3.14. The molecule has 6 heteroatoms. The Kier molecular flexibility index (Phi) is 5.86. The molecule has 0 spiro atoms. The number of Topliss-reactive ketones (excluding diaryl/α,β-unsaturated/α-hetero) is 1. The zero-order chi connectivity index (χ0) is 21.1. The van der Waals surface area contributed by atoms with Crippen LogP contribution in [0.5, 0.6) is 11.5 Å². The number of carbonyl (C=O) groups excluding carboxylic acids is 1. The molecule has 2 atom stereocenters. The Morgan fingerprint density at radius 1 is 1.17 bits per heavy atom. The highest BCUT2D eigenvalue weighted by Gasteiger charge is 2.49. The number of fused-ring (bicyclic) bond motifs is 1. The van der Waals surface area contributed by atoms with Crippen molar-refractivity contribution >= 4 is 11.5 Å². The highest BCUT2D eigenvalue weighted by atomic mass is 16.5. The van der Waals surface area contributed by atoms with Gasteiger partial charge in [0.05, 0.1) is 14.2 Å². The molecule has 6 nitrogen and oxygen atoms in total. The summed E-state index contributed by atoms with van der Waals surface area (Å²) < 4.78 is 11.0. The smallest absolute Gasteiger partial charge is 0.184 e. The van der Waals surface area contributed by atoms with Crippen LogP contribution in [0.3, 0.4) is 0 Å². The zero-order valence-corrected chi connectivity index (χ0v) is 17.9. The fourth-order valence-electron chi connectivity index (χ4n) is 5.04. The Bertz CT molecular complexity index is 944. The first-order valence-corrected chi connectivity index (χ1v) is 10.5. The van der Waals surface area contributed by atoms with Gasteiger partial charge in [0.2, 0.25) is 0 Å². The van der Waals surface area contributed by atoms with E-state index < -0.39 is 0 Å². The van der Waals surface area contributed by atoms with E-state index in [9.17, 15) is 4.79 Å². The number of aromatic nitrogens is 1. The summed E-state index contributed by atoms with van der Waals surface area (Å²) in [6.07, 6.45) is 7.25. The van der Waals surface area contributed by atoms with Gasteiger partial charge in [-0.15, -0.1) is 0 Å². The molecule has 1 aromatic carbocycles. The number of likely N-dealkylation sites (tertiary alicyclic amines) is 1. The summed E-state index contributed by atoms with van der Waals surface area (Å²) in [6, 6.07) is 10.2. The second kappa shape index (κ2) is 8.56. The van der Waals surface area contributed by atoms with Crippen LogP contribution in [0.15, 0.2) is 47.7 Å². The lowest BCUT2D eigenvalue weighted by molar-refractivity contribution is 0.100. The van der Waals surface area contributed by atoms with Crippen LogP contribution in [0.25, 0.3) is 0 Å². The standard InChI is InChI=1S/C24H29N3O3/c1-27-13-10-24(18-4-5-21(29-2)22(14-18)30-3)9-6-19(15-23(24)27)26-16-20(28)17-7-11-25-12-8-17/h4-5,7-8,11-12,14,23H,6,9-10,13,15-16H2,1-3H3/t23-,24-/m0/s1. The number of carbonyl (C=O) groups is 1. The van der Waals surface area contributed by atoms with E-state index in [2.05, 4.69) is 29.1 Å². The van der Waals surface area contributed by atoms with Gasteiger partial charge in [-0.05, 0) is 62.7 Å². The number of rotatable bonds is 6. The summed E-state index contributed by atoms with van der Waals surface area (Å²) in [5.41, 5.74) is 3.21. The minimum atomic E-state index is 0.0430. The van der Waals surface area contributed by atoms with E-state index in [0.29, 0.717) is 11.6 Å². The maximum Gasteiger partial charge on any atom is 0.184 e. The number of benzene rings is 1. The molecular weight excluding hydrogens is 378 g/mol. The number of methoxy groups -OCH3 is 2. The van der Waals surface area contributed by atoms with Gasteiger partial charge in [0.1, 0.15) is 6.54 Å². The van der Waals surface area contributed by atoms with Gasteiger partial charge >= 0.3 is 0 Å². The molecule has 1 saturated heterocycles. The van der Waals surface area contributed by atoms with Crippen molar-refractivity contribution < 1.29 is 14.3 Å². The van der Waals surface area contributed by atoms with Gasteiger partial charge in [-0.25, -0.2) is 0 Å². The summed E-state index contributed by atoms with van der Waals surface area (Å²) in [5.74, 6) is 1.58. The van der Waals surface area contributed by atoms with E-state index in [1.807, 2.05) is 6.07 Å². The van der Waals surface area contributed by atoms with Crippen LogP contribution in [-0.4, -0.2) is 61.8 Å². The Balaban J connectivity index is 1.55. The Labute approximate surface area is 177 Å². The monoisotopic (exact) mass is 407 g/mol. The highest BCUT2D eigenvalue weighted by Crippen LogP contribution is 2.49. The van der Waals surface area contributed by atoms with Crippen LogP contribution in [0.1, 0.15) is 41.6 Å². The zero-order valence-electron chi connectivity index (χ0n) is 17.9. The molecule has 1 aliphatic carbocycles. The summed E-state index contributed by atoms with van der Waals surface area (Å²) in [7, 11) is 5.54. The first-order valence-electron chi connectivity index (χ1n) is 10.5. The van der Waals surface area contributed by atoms with Crippen LogP contribution < -0.4 is 9.47 Å². The predicted octanol–water partition coefficient (Wildman–Crippen LogP) is 3.55. The summed E-state index contributed by atoms with van der Waals surface area (Å²) in [6.45, 7) is 1.27. The number of nitrogens with zero attached hydrogens (tertiary/aromatic N) is 3. The number of aliphatic imine (C=N–C) groups is 1. The second-order valence-corrected chi connectivity index (χ2v) is 8.22. The second-order valence-electron chi connectivity index (χ2n) is 8.22. The summed E-state index contributed by atoms with van der Waals surface area (Å²) in [5, 5.41) is 0. The van der Waals surface area contributed by atoms with Gasteiger partial charge in [-0.1, -0.05) is 6.07 Å². The fourth-order valence-corrected chi connectivity index (χ4v) is 5.04. The van der Waals surface area contributed by atoms with E-state index >= 15 is 0 Å². The molecule has 0 unspecified atom stereocenters. The summed E-state index contributed by atoms with van der Waals surface area (Å²) >= 11 is 0. The largest absolute Gasteiger partial charge is 0.493 e. The highest BCUT2D eigenvalue weighted by molar-refractivity contribution is 5.99. The van der Waals surface area contributed by atoms with Crippen molar-refractivity contribution in [2.45, 2.75) is 37.1 Å². The number of hydrogen-bond donors (Lipinski definition) is 0. The maximum absolute atomic E-state index is 12.4. The van der Waals surface area contributed by atoms with Gasteiger partial charge in [0.15, 0.2) is 17.3 Å². The van der Waals surface area contributed by atoms with Gasteiger partial charge in [0, 0.05) is 41.5 Å². The molecule has 1 aromatic heterocycles. The number of hydrogen-bond acceptors (Lipinski definition) is 6.